The number of carboxylic acids is 1. The molecule has 1 aromatic carbocycles. The van der Waals surface area contributed by atoms with Crippen LogP contribution in [0.15, 0.2) is 24.3 Å². The Hall–Kier alpha value is -1.69. The number of ether oxygens (including phenoxy) is 1. The van der Waals surface area contributed by atoms with Crippen LogP contribution in [0.2, 0.25) is 5.02 Å². The van der Waals surface area contributed by atoms with Gasteiger partial charge in [-0.15, -0.1) is 13.2 Å². The molecular weight excluding hydrogens is 261 g/mol. The number of carbonyl (C=O) groups is 1. The van der Waals surface area contributed by atoms with Crippen LogP contribution in [-0.4, -0.2) is 17.4 Å². The summed E-state index contributed by atoms with van der Waals surface area (Å²) in [5.41, 5.74) is 0.232. The average molecular weight is 267 g/mol. The lowest BCUT2D eigenvalue weighted by Crippen LogP contribution is -2.17. The van der Waals surface area contributed by atoms with Crippen molar-refractivity contribution in [2.24, 2.45) is 0 Å². The number of benzene rings is 1. The van der Waals surface area contributed by atoms with E-state index >= 15 is 0 Å². The summed E-state index contributed by atoms with van der Waals surface area (Å²) in [7, 11) is 0. The molecular formula is C10H6ClF3O3. The van der Waals surface area contributed by atoms with E-state index in [4.69, 9.17) is 16.7 Å². The van der Waals surface area contributed by atoms with Crippen LogP contribution in [0, 0.1) is 0 Å². The lowest BCUT2D eigenvalue weighted by atomic mass is 10.2. The maximum atomic E-state index is 12.0. The van der Waals surface area contributed by atoms with Gasteiger partial charge in [0.05, 0.1) is 5.02 Å². The Labute approximate surface area is 99.1 Å². The second kappa shape index (κ2) is 5.09. The summed E-state index contributed by atoms with van der Waals surface area (Å²) in [6, 6.07) is 3.55. The molecule has 1 N–H and O–H groups in total. The van der Waals surface area contributed by atoms with Gasteiger partial charge in [-0.3, -0.25) is 0 Å². The lowest BCUT2D eigenvalue weighted by molar-refractivity contribution is -0.274. The van der Waals surface area contributed by atoms with Gasteiger partial charge in [0.25, 0.3) is 0 Å². The minimum atomic E-state index is -4.85. The number of halogens is 4. The van der Waals surface area contributed by atoms with Crippen molar-refractivity contribution in [3.63, 3.8) is 0 Å². The molecule has 1 aromatic rings. The predicted octanol–water partition coefficient (Wildman–Crippen LogP) is 3.34. The van der Waals surface area contributed by atoms with Crippen molar-refractivity contribution in [2.45, 2.75) is 6.36 Å². The van der Waals surface area contributed by atoms with E-state index in [1.165, 1.54) is 12.1 Å². The molecule has 0 aliphatic carbocycles. The molecule has 0 heterocycles. The summed E-state index contributed by atoms with van der Waals surface area (Å²) in [5.74, 6) is -1.79. The molecule has 0 aromatic heterocycles. The van der Waals surface area contributed by atoms with E-state index in [0.29, 0.717) is 0 Å². The Morgan fingerprint density at radius 1 is 1.41 bits per heavy atom. The van der Waals surface area contributed by atoms with E-state index in [1.54, 1.807) is 0 Å². The third kappa shape index (κ3) is 4.78. The van der Waals surface area contributed by atoms with Crippen molar-refractivity contribution in [2.75, 3.05) is 0 Å². The number of carboxylic acid groups (broad SMARTS) is 1. The minimum Gasteiger partial charge on any atom is -0.478 e. The second-order valence-corrected chi connectivity index (χ2v) is 3.32. The number of rotatable bonds is 3. The van der Waals surface area contributed by atoms with E-state index in [1.807, 2.05) is 0 Å². The van der Waals surface area contributed by atoms with Gasteiger partial charge < -0.3 is 9.84 Å². The summed E-state index contributed by atoms with van der Waals surface area (Å²) < 4.78 is 39.6. The fourth-order valence-electron chi connectivity index (χ4n) is 0.994. The Balaban J connectivity index is 2.98. The highest BCUT2D eigenvalue weighted by molar-refractivity contribution is 6.32. The van der Waals surface area contributed by atoms with Crippen LogP contribution < -0.4 is 4.74 Å². The molecule has 0 saturated carbocycles. The van der Waals surface area contributed by atoms with E-state index in [9.17, 15) is 18.0 Å². The number of alkyl halides is 3. The van der Waals surface area contributed by atoms with Gasteiger partial charge >= 0.3 is 12.3 Å². The molecule has 92 valence electrons. The summed E-state index contributed by atoms with van der Waals surface area (Å²) in [6.45, 7) is 0. The fourth-order valence-corrected chi connectivity index (χ4v) is 1.15. The summed E-state index contributed by atoms with van der Waals surface area (Å²) in [6.07, 6.45) is -2.93. The van der Waals surface area contributed by atoms with Crippen LogP contribution in [-0.2, 0) is 4.79 Å². The van der Waals surface area contributed by atoms with Crippen LogP contribution >= 0.6 is 11.6 Å². The molecule has 0 saturated heterocycles. The molecule has 3 nitrogen and oxygen atoms in total. The minimum absolute atomic E-state index is 0.213. The van der Waals surface area contributed by atoms with E-state index < -0.39 is 18.1 Å². The highest BCUT2D eigenvalue weighted by Gasteiger charge is 2.32. The van der Waals surface area contributed by atoms with Crippen LogP contribution in [0.4, 0.5) is 13.2 Å². The molecule has 0 bridgehead atoms. The summed E-state index contributed by atoms with van der Waals surface area (Å²) >= 11 is 5.50. The standard InChI is InChI=1S/C10H6ClF3O3/c11-7-3-1-6(2-4-9(15)16)5-8(7)17-10(12,13)14/h1-5H,(H,15,16)/b4-2+. The largest absolute Gasteiger partial charge is 0.573 e. The predicted molar refractivity (Wildman–Crippen MR) is 54.8 cm³/mol. The Morgan fingerprint density at radius 3 is 2.59 bits per heavy atom. The van der Waals surface area contributed by atoms with Gasteiger partial charge in [-0.2, -0.15) is 0 Å². The van der Waals surface area contributed by atoms with Gasteiger partial charge in [-0.25, -0.2) is 4.79 Å². The molecule has 7 heteroatoms. The summed E-state index contributed by atoms with van der Waals surface area (Å²) in [4.78, 5) is 10.2. The van der Waals surface area contributed by atoms with Crippen molar-refractivity contribution in [3.05, 3.63) is 34.9 Å². The van der Waals surface area contributed by atoms with Crippen LogP contribution in [0.5, 0.6) is 5.75 Å². The first-order valence-corrected chi connectivity index (χ1v) is 4.62. The first-order chi connectivity index (χ1) is 7.78. The maximum Gasteiger partial charge on any atom is 0.573 e. The normalized spacial score (nSPS) is 11.8. The lowest BCUT2D eigenvalue weighted by Gasteiger charge is -2.10. The maximum absolute atomic E-state index is 12.0. The average Bonchev–Trinajstić information content (AvgIpc) is 2.17. The SMILES string of the molecule is O=C(O)/C=C/c1ccc(Cl)c(OC(F)(F)F)c1. The van der Waals surface area contributed by atoms with Gasteiger partial charge in [0, 0.05) is 6.08 Å². The van der Waals surface area contributed by atoms with Crippen molar-refractivity contribution in [3.8, 4) is 5.75 Å². The van der Waals surface area contributed by atoms with Gasteiger partial charge in [0.2, 0.25) is 0 Å². The van der Waals surface area contributed by atoms with Gasteiger partial charge in [-0.1, -0.05) is 17.7 Å². The third-order valence-corrected chi connectivity index (χ3v) is 1.91. The quantitative estimate of drug-likeness (QED) is 0.854. The Kier molecular flexibility index (Phi) is 4.01. The number of hydrogen-bond acceptors (Lipinski definition) is 2. The van der Waals surface area contributed by atoms with Crippen LogP contribution in [0.1, 0.15) is 5.56 Å². The molecule has 17 heavy (non-hydrogen) atoms. The Bertz CT molecular complexity index is 455. The number of aliphatic carboxylic acids is 1. The second-order valence-electron chi connectivity index (χ2n) is 2.91. The monoisotopic (exact) mass is 266 g/mol. The summed E-state index contributed by atoms with van der Waals surface area (Å²) in [5, 5.41) is 8.15. The van der Waals surface area contributed by atoms with Crippen molar-refractivity contribution in [1.29, 1.82) is 0 Å². The zero-order valence-electron chi connectivity index (χ0n) is 8.16. The van der Waals surface area contributed by atoms with E-state index in [-0.39, 0.29) is 10.6 Å². The molecule has 0 unspecified atom stereocenters. The topological polar surface area (TPSA) is 46.5 Å². The third-order valence-electron chi connectivity index (χ3n) is 1.60. The van der Waals surface area contributed by atoms with E-state index in [0.717, 1.165) is 18.2 Å². The molecule has 0 fully saturated rings. The van der Waals surface area contributed by atoms with Gasteiger partial charge in [-0.05, 0) is 23.8 Å². The highest BCUT2D eigenvalue weighted by Crippen LogP contribution is 2.31. The fraction of sp³-hybridized carbons (Fsp3) is 0.100. The van der Waals surface area contributed by atoms with Crippen molar-refractivity contribution < 1.29 is 27.8 Å². The highest BCUT2D eigenvalue weighted by atomic mass is 35.5. The number of hydrogen-bond donors (Lipinski definition) is 1. The first-order valence-electron chi connectivity index (χ1n) is 4.24. The van der Waals surface area contributed by atoms with Gasteiger partial charge in [0.1, 0.15) is 5.75 Å². The molecule has 0 aliphatic heterocycles. The molecule has 0 aliphatic rings. The zero-order valence-corrected chi connectivity index (χ0v) is 8.92. The molecule has 0 spiro atoms. The Morgan fingerprint density at radius 2 is 2.06 bits per heavy atom. The zero-order chi connectivity index (χ0) is 13.1. The van der Waals surface area contributed by atoms with Crippen molar-refractivity contribution in [1.82, 2.24) is 0 Å². The first kappa shape index (κ1) is 13.4. The van der Waals surface area contributed by atoms with Crippen molar-refractivity contribution >= 4 is 23.6 Å². The van der Waals surface area contributed by atoms with Gasteiger partial charge in [0.15, 0.2) is 0 Å². The molecule has 0 radical (unpaired) electrons. The molecule has 1 rings (SSSR count). The van der Waals surface area contributed by atoms with E-state index in [2.05, 4.69) is 4.74 Å². The molecule has 0 amide bonds. The van der Waals surface area contributed by atoms with Crippen LogP contribution in [0.25, 0.3) is 6.08 Å². The molecule has 0 atom stereocenters. The smallest absolute Gasteiger partial charge is 0.478 e. The van der Waals surface area contributed by atoms with Crippen LogP contribution in [0.3, 0.4) is 0 Å².